The van der Waals surface area contributed by atoms with Crippen molar-refractivity contribution in [3.63, 3.8) is 0 Å². The van der Waals surface area contributed by atoms with Crippen molar-refractivity contribution in [1.82, 2.24) is 19.7 Å². The number of anilines is 1. The molecule has 1 N–H and O–H groups in total. The number of carbonyl (C=O) groups is 1. The third kappa shape index (κ3) is 4.74. The number of aromatic nitrogens is 1. The average Bonchev–Trinajstić information content (AvgIpc) is 2.86. The number of pyridine rings is 1. The molecule has 2 fully saturated rings. The number of hydrogen-bond donors (Lipinski definition) is 1. The summed E-state index contributed by atoms with van der Waals surface area (Å²) in [5, 5.41) is 3.84. The molecular formula is C24H26ClN5O3S. The van der Waals surface area contributed by atoms with E-state index in [1.807, 2.05) is 12.1 Å². The van der Waals surface area contributed by atoms with E-state index in [-0.39, 0.29) is 29.9 Å². The molecule has 3 heterocycles. The summed E-state index contributed by atoms with van der Waals surface area (Å²) < 4.78 is 27.7. The summed E-state index contributed by atoms with van der Waals surface area (Å²) in [6.07, 6.45) is 5.38. The number of hydrogen-bond acceptors (Lipinski definition) is 6. The molecule has 0 spiro atoms. The number of benzene rings is 2. The minimum absolute atomic E-state index is 0.177. The number of piperidine rings is 1. The summed E-state index contributed by atoms with van der Waals surface area (Å²) in [7, 11) is -3.78. The van der Waals surface area contributed by atoms with Gasteiger partial charge in [0, 0.05) is 48.8 Å². The first-order valence-electron chi connectivity index (χ1n) is 11.3. The highest BCUT2D eigenvalue weighted by Crippen LogP contribution is 2.25. The van der Waals surface area contributed by atoms with Gasteiger partial charge in [-0.1, -0.05) is 23.7 Å². The molecule has 1 aromatic heterocycles. The Labute approximate surface area is 204 Å². The monoisotopic (exact) mass is 499 g/mol. The van der Waals surface area contributed by atoms with Gasteiger partial charge in [-0.05, 0) is 60.0 Å². The van der Waals surface area contributed by atoms with Crippen molar-refractivity contribution in [3.8, 4) is 0 Å². The van der Waals surface area contributed by atoms with Gasteiger partial charge in [0.15, 0.2) is 0 Å². The summed E-state index contributed by atoms with van der Waals surface area (Å²) in [5.74, 6) is -0.237. The van der Waals surface area contributed by atoms with E-state index < -0.39 is 10.0 Å². The maximum absolute atomic E-state index is 13.2. The molecule has 1 amide bonds. The third-order valence-electron chi connectivity index (χ3n) is 6.46. The van der Waals surface area contributed by atoms with Crippen molar-refractivity contribution in [1.29, 1.82) is 0 Å². The molecule has 2 aliphatic heterocycles. The van der Waals surface area contributed by atoms with E-state index in [0.717, 1.165) is 42.4 Å². The Hall–Kier alpha value is -2.72. The summed E-state index contributed by atoms with van der Waals surface area (Å²) in [6, 6.07) is 14.4. The molecule has 10 heteroatoms. The van der Waals surface area contributed by atoms with Crippen molar-refractivity contribution in [3.05, 3.63) is 65.9 Å². The summed E-state index contributed by atoms with van der Waals surface area (Å²) >= 11 is 6.03. The lowest BCUT2D eigenvalue weighted by molar-refractivity contribution is -0.138. The van der Waals surface area contributed by atoms with E-state index in [1.165, 1.54) is 4.31 Å². The predicted molar refractivity (Wildman–Crippen MR) is 132 cm³/mol. The van der Waals surface area contributed by atoms with Crippen molar-refractivity contribution in [2.24, 2.45) is 0 Å². The number of carbonyl (C=O) groups excluding carboxylic acids is 1. The van der Waals surface area contributed by atoms with Crippen LogP contribution in [-0.4, -0.2) is 67.4 Å². The Morgan fingerprint density at radius 3 is 2.35 bits per heavy atom. The van der Waals surface area contributed by atoms with Crippen molar-refractivity contribution in [2.75, 3.05) is 37.6 Å². The van der Waals surface area contributed by atoms with E-state index in [4.69, 9.17) is 11.6 Å². The first-order chi connectivity index (χ1) is 16.4. The maximum atomic E-state index is 13.2. The number of piperazine rings is 1. The van der Waals surface area contributed by atoms with E-state index in [0.29, 0.717) is 11.6 Å². The minimum atomic E-state index is -3.78. The number of halogens is 1. The van der Waals surface area contributed by atoms with Gasteiger partial charge in [0.25, 0.3) is 5.91 Å². The van der Waals surface area contributed by atoms with Crippen LogP contribution >= 0.6 is 11.6 Å². The molecule has 2 aromatic carbocycles. The molecule has 34 heavy (non-hydrogen) atoms. The lowest BCUT2D eigenvalue weighted by Gasteiger charge is -2.39. The highest BCUT2D eigenvalue weighted by Gasteiger charge is 2.34. The minimum Gasteiger partial charge on any atom is -0.371 e. The maximum Gasteiger partial charge on any atom is 0.252 e. The Balaban J connectivity index is 1.19. The van der Waals surface area contributed by atoms with Gasteiger partial charge >= 0.3 is 0 Å². The van der Waals surface area contributed by atoms with Crippen LogP contribution in [-0.2, 0) is 14.8 Å². The Bertz CT molecular complexity index is 1300. The highest BCUT2D eigenvalue weighted by atomic mass is 35.5. The topological polar surface area (TPSA) is 85.8 Å². The van der Waals surface area contributed by atoms with Gasteiger partial charge in [-0.15, -0.1) is 0 Å². The second-order valence-corrected chi connectivity index (χ2v) is 11.0. The van der Waals surface area contributed by atoms with Crippen LogP contribution < -0.4 is 10.3 Å². The van der Waals surface area contributed by atoms with Crippen LogP contribution in [0.15, 0.2) is 65.8 Å². The van der Waals surface area contributed by atoms with E-state index >= 15 is 0 Å². The lowest BCUT2D eigenvalue weighted by atomic mass is 10.1. The second kappa shape index (κ2) is 9.50. The predicted octanol–water partition coefficient (Wildman–Crippen LogP) is 2.89. The van der Waals surface area contributed by atoms with Gasteiger partial charge in [0.05, 0.1) is 18.0 Å². The van der Waals surface area contributed by atoms with Gasteiger partial charge in [0.2, 0.25) is 10.0 Å². The van der Waals surface area contributed by atoms with Crippen LogP contribution in [0.1, 0.15) is 12.8 Å². The SMILES string of the molecule is O=C1CN(S(=O)(=O)c2ccc3cc(Cl)ccc3c2)CCN1NC1CCN(c2ccncc2)CC1. The van der Waals surface area contributed by atoms with Gasteiger partial charge in [-0.25, -0.2) is 13.8 Å². The fourth-order valence-electron chi connectivity index (χ4n) is 4.54. The number of amides is 1. The Morgan fingerprint density at radius 2 is 1.62 bits per heavy atom. The largest absolute Gasteiger partial charge is 0.371 e. The molecule has 8 nitrogen and oxygen atoms in total. The molecule has 0 atom stereocenters. The molecule has 0 radical (unpaired) electrons. The van der Waals surface area contributed by atoms with Crippen molar-refractivity contribution < 1.29 is 13.2 Å². The van der Waals surface area contributed by atoms with Crippen LogP contribution in [0.3, 0.4) is 0 Å². The standard InChI is InChI=1S/C24H26ClN5O3S/c25-20-3-1-19-16-23(4-2-18(19)15-20)34(32,33)29-13-14-30(24(31)17-29)27-21-7-11-28(12-8-21)22-5-9-26-10-6-22/h1-6,9-10,15-16,21,27H,7-8,11-14,17H2. The average molecular weight is 500 g/mol. The van der Waals surface area contributed by atoms with Crippen molar-refractivity contribution in [2.45, 2.75) is 23.8 Å². The van der Waals surface area contributed by atoms with E-state index in [9.17, 15) is 13.2 Å². The molecule has 178 valence electrons. The molecule has 2 saturated heterocycles. The molecular weight excluding hydrogens is 474 g/mol. The third-order valence-corrected chi connectivity index (χ3v) is 8.53. The van der Waals surface area contributed by atoms with Crippen LogP contribution in [0, 0.1) is 0 Å². The first-order valence-corrected chi connectivity index (χ1v) is 13.1. The zero-order valence-electron chi connectivity index (χ0n) is 18.6. The summed E-state index contributed by atoms with van der Waals surface area (Å²) in [4.78, 5) is 19.4. The van der Waals surface area contributed by atoms with Crippen molar-refractivity contribution >= 4 is 44.0 Å². The summed E-state index contributed by atoms with van der Waals surface area (Å²) in [5.41, 5.74) is 4.48. The van der Waals surface area contributed by atoms with E-state index in [2.05, 4.69) is 15.3 Å². The summed E-state index contributed by atoms with van der Waals surface area (Å²) in [6.45, 7) is 2.15. The number of nitrogens with one attached hydrogen (secondary N) is 1. The zero-order chi connectivity index (χ0) is 23.7. The second-order valence-electron chi connectivity index (χ2n) is 8.63. The van der Waals surface area contributed by atoms with E-state index in [1.54, 1.807) is 53.8 Å². The van der Waals surface area contributed by atoms with Gasteiger partial charge in [-0.3, -0.25) is 14.8 Å². The van der Waals surface area contributed by atoms with Gasteiger partial charge in [0.1, 0.15) is 0 Å². The number of sulfonamides is 1. The van der Waals surface area contributed by atoms with Gasteiger partial charge in [-0.2, -0.15) is 4.31 Å². The quantitative estimate of drug-likeness (QED) is 0.581. The smallest absolute Gasteiger partial charge is 0.252 e. The van der Waals surface area contributed by atoms with Crippen LogP contribution in [0.5, 0.6) is 0 Å². The molecule has 0 aliphatic carbocycles. The molecule has 0 bridgehead atoms. The molecule has 3 aromatic rings. The van der Waals surface area contributed by atoms with Crippen LogP contribution in [0.25, 0.3) is 10.8 Å². The van der Waals surface area contributed by atoms with Crippen LogP contribution in [0.2, 0.25) is 5.02 Å². The number of nitrogens with zero attached hydrogens (tertiary/aromatic N) is 4. The fraction of sp³-hybridized carbons (Fsp3) is 0.333. The lowest BCUT2D eigenvalue weighted by Crippen LogP contribution is -2.60. The normalized spacial score (nSPS) is 18.6. The van der Waals surface area contributed by atoms with Gasteiger partial charge < -0.3 is 4.90 Å². The Morgan fingerprint density at radius 1 is 0.912 bits per heavy atom. The molecule has 0 saturated carbocycles. The number of hydrazine groups is 1. The highest BCUT2D eigenvalue weighted by molar-refractivity contribution is 7.89. The first kappa shape index (κ1) is 23.0. The van der Waals surface area contributed by atoms with Crippen LogP contribution in [0.4, 0.5) is 5.69 Å². The fourth-order valence-corrected chi connectivity index (χ4v) is 6.14. The molecule has 0 unspecified atom stereocenters. The number of fused-ring (bicyclic) bond motifs is 1. The molecule has 2 aliphatic rings. The Kier molecular flexibility index (Phi) is 6.44. The number of rotatable bonds is 5. The molecule has 5 rings (SSSR count). The zero-order valence-corrected chi connectivity index (χ0v) is 20.2.